The van der Waals surface area contributed by atoms with Crippen molar-refractivity contribution in [1.82, 2.24) is 0 Å². The fourth-order valence-corrected chi connectivity index (χ4v) is 2.63. The number of hydrogen-bond donors (Lipinski definition) is 1. The van der Waals surface area contributed by atoms with E-state index in [4.69, 9.17) is 5.26 Å². The molecule has 1 N–H and O–H groups in total. The minimum atomic E-state index is -0.316. The third kappa shape index (κ3) is 2.82. The molecule has 4 heteroatoms. The lowest BCUT2D eigenvalue weighted by molar-refractivity contribution is 0.603. The van der Waals surface area contributed by atoms with Crippen molar-refractivity contribution in [3.63, 3.8) is 0 Å². The second-order valence-corrected chi connectivity index (χ2v) is 5.14. The molecule has 0 radical (unpaired) electrons. The maximum absolute atomic E-state index is 14.1. The first kappa shape index (κ1) is 13.4. The Bertz CT molecular complexity index is 691. The van der Waals surface area contributed by atoms with Crippen molar-refractivity contribution in [3.8, 4) is 6.07 Å². The molecule has 0 amide bonds. The number of hydrogen-bond acceptors (Lipinski definition) is 3. The van der Waals surface area contributed by atoms with Crippen LogP contribution in [-0.2, 0) is 6.54 Å². The van der Waals surface area contributed by atoms with E-state index >= 15 is 0 Å². The molecule has 3 rings (SSSR count). The number of fused-ring (bicyclic) bond motifs is 1. The van der Waals surface area contributed by atoms with Gasteiger partial charge >= 0.3 is 0 Å². The van der Waals surface area contributed by atoms with Gasteiger partial charge in [-0.2, -0.15) is 5.26 Å². The molecule has 0 saturated carbocycles. The summed E-state index contributed by atoms with van der Waals surface area (Å²) in [5, 5.41) is 12.2. The molecule has 0 saturated heterocycles. The molecule has 3 nitrogen and oxygen atoms in total. The van der Waals surface area contributed by atoms with Gasteiger partial charge in [0.2, 0.25) is 0 Å². The highest BCUT2D eigenvalue weighted by molar-refractivity contribution is 5.70. The molecule has 0 unspecified atom stereocenters. The Labute approximate surface area is 123 Å². The van der Waals surface area contributed by atoms with E-state index in [0.717, 1.165) is 30.9 Å². The molecule has 0 aliphatic carbocycles. The molecule has 2 aromatic carbocycles. The Balaban J connectivity index is 1.90. The Morgan fingerprint density at radius 2 is 2.10 bits per heavy atom. The number of nitriles is 1. The summed E-state index contributed by atoms with van der Waals surface area (Å²) in [5.74, 6) is -0.316. The highest BCUT2D eigenvalue weighted by Gasteiger charge is 2.16. The highest BCUT2D eigenvalue weighted by Crippen LogP contribution is 2.29. The minimum absolute atomic E-state index is 0.316. The molecule has 0 aromatic heterocycles. The van der Waals surface area contributed by atoms with Crippen LogP contribution >= 0.6 is 0 Å². The van der Waals surface area contributed by atoms with Gasteiger partial charge in [0, 0.05) is 25.2 Å². The smallest absolute Gasteiger partial charge is 0.129 e. The van der Waals surface area contributed by atoms with Crippen LogP contribution in [0.1, 0.15) is 17.5 Å². The molecular weight excluding hydrogens is 265 g/mol. The molecule has 21 heavy (non-hydrogen) atoms. The first-order valence-electron chi connectivity index (χ1n) is 7.04. The average molecular weight is 281 g/mol. The van der Waals surface area contributed by atoms with Gasteiger partial charge in [0.05, 0.1) is 23.0 Å². The normalized spacial score (nSPS) is 13.8. The van der Waals surface area contributed by atoms with Crippen molar-refractivity contribution in [2.24, 2.45) is 0 Å². The zero-order valence-corrected chi connectivity index (χ0v) is 11.6. The predicted molar refractivity (Wildman–Crippen MR) is 81.7 cm³/mol. The van der Waals surface area contributed by atoms with E-state index in [9.17, 15) is 4.39 Å². The summed E-state index contributed by atoms with van der Waals surface area (Å²) in [6.07, 6.45) is 1.01. The molecule has 106 valence electrons. The van der Waals surface area contributed by atoms with Crippen molar-refractivity contribution >= 4 is 11.4 Å². The number of halogens is 1. The molecule has 1 aliphatic rings. The number of nitrogens with one attached hydrogen (secondary N) is 1. The van der Waals surface area contributed by atoms with Crippen LogP contribution in [-0.4, -0.2) is 13.1 Å². The first-order valence-corrected chi connectivity index (χ1v) is 7.04. The Hall–Kier alpha value is -2.54. The lowest BCUT2D eigenvalue weighted by atomic mass is 10.1. The number of nitrogens with zero attached hydrogens (tertiary/aromatic N) is 2. The van der Waals surface area contributed by atoms with Crippen molar-refractivity contribution in [1.29, 1.82) is 5.26 Å². The molecular formula is C17H16FN3. The molecule has 2 aromatic rings. The van der Waals surface area contributed by atoms with E-state index < -0.39 is 0 Å². The van der Waals surface area contributed by atoms with Crippen molar-refractivity contribution in [2.75, 3.05) is 23.3 Å². The Kier molecular flexibility index (Phi) is 3.74. The lowest BCUT2D eigenvalue weighted by Crippen LogP contribution is -2.23. The van der Waals surface area contributed by atoms with Crippen LogP contribution in [0.15, 0.2) is 42.5 Å². The largest absolute Gasteiger partial charge is 0.383 e. The summed E-state index contributed by atoms with van der Waals surface area (Å²) in [7, 11) is 0. The van der Waals surface area contributed by atoms with Crippen LogP contribution in [0.25, 0.3) is 0 Å². The van der Waals surface area contributed by atoms with E-state index in [-0.39, 0.29) is 5.82 Å². The Morgan fingerprint density at radius 3 is 2.90 bits per heavy atom. The van der Waals surface area contributed by atoms with Crippen LogP contribution in [0.2, 0.25) is 0 Å². The zero-order chi connectivity index (χ0) is 14.7. The SMILES string of the molecule is N#Cc1ccc(CN2CCCNc3ccccc32)c(F)c1. The molecule has 0 fully saturated rings. The number of benzene rings is 2. The maximum atomic E-state index is 14.1. The quantitative estimate of drug-likeness (QED) is 0.915. The summed E-state index contributed by atoms with van der Waals surface area (Å²) in [4.78, 5) is 2.18. The summed E-state index contributed by atoms with van der Waals surface area (Å²) < 4.78 is 14.1. The van der Waals surface area contributed by atoms with Gasteiger partial charge in [-0.3, -0.25) is 0 Å². The van der Waals surface area contributed by atoms with E-state index in [0.29, 0.717) is 17.7 Å². The standard InChI is InChI=1S/C17H16FN3/c18-15-10-13(11-19)6-7-14(15)12-21-9-3-8-20-16-4-1-2-5-17(16)21/h1-2,4-7,10,20H,3,8-9,12H2. The number of anilines is 2. The first-order chi connectivity index (χ1) is 10.3. The lowest BCUT2D eigenvalue weighted by Gasteiger charge is -2.24. The summed E-state index contributed by atoms with van der Waals surface area (Å²) in [6.45, 7) is 2.31. The molecule has 1 heterocycles. The molecule has 0 atom stereocenters. The fraction of sp³-hybridized carbons (Fsp3) is 0.235. The predicted octanol–water partition coefficient (Wildman–Crippen LogP) is 3.52. The van der Waals surface area contributed by atoms with Crippen LogP contribution < -0.4 is 10.2 Å². The van der Waals surface area contributed by atoms with Crippen molar-refractivity contribution in [3.05, 3.63) is 59.4 Å². The van der Waals surface area contributed by atoms with Gasteiger partial charge in [0.1, 0.15) is 5.82 Å². The Morgan fingerprint density at radius 1 is 1.24 bits per heavy atom. The van der Waals surface area contributed by atoms with Gasteiger partial charge in [-0.05, 0) is 30.7 Å². The second-order valence-electron chi connectivity index (χ2n) is 5.14. The topological polar surface area (TPSA) is 39.1 Å². The maximum Gasteiger partial charge on any atom is 0.129 e. The molecule has 0 bridgehead atoms. The number of rotatable bonds is 2. The molecule has 1 aliphatic heterocycles. The second kappa shape index (κ2) is 5.84. The van der Waals surface area contributed by atoms with Crippen molar-refractivity contribution in [2.45, 2.75) is 13.0 Å². The summed E-state index contributed by atoms with van der Waals surface area (Å²) in [6, 6.07) is 14.7. The van der Waals surface area contributed by atoms with E-state index in [1.165, 1.54) is 6.07 Å². The van der Waals surface area contributed by atoms with Crippen molar-refractivity contribution < 1.29 is 4.39 Å². The summed E-state index contributed by atoms with van der Waals surface area (Å²) >= 11 is 0. The van der Waals surface area contributed by atoms with E-state index in [1.807, 2.05) is 24.3 Å². The molecule has 0 spiro atoms. The average Bonchev–Trinajstić information content (AvgIpc) is 2.72. The fourth-order valence-electron chi connectivity index (χ4n) is 2.63. The number of para-hydroxylation sites is 2. The highest BCUT2D eigenvalue weighted by atomic mass is 19.1. The van der Waals surface area contributed by atoms with Gasteiger partial charge < -0.3 is 10.2 Å². The zero-order valence-electron chi connectivity index (χ0n) is 11.6. The van der Waals surface area contributed by atoms with Gasteiger partial charge in [-0.25, -0.2) is 4.39 Å². The summed E-state index contributed by atoms with van der Waals surface area (Å²) in [5.41, 5.74) is 3.16. The van der Waals surface area contributed by atoms with Crippen LogP contribution in [0, 0.1) is 17.1 Å². The third-order valence-electron chi connectivity index (χ3n) is 3.71. The van der Waals surface area contributed by atoms with Gasteiger partial charge in [0.15, 0.2) is 0 Å². The van der Waals surface area contributed by atoms with Crippen LogP contribution in [0.5, 0.6) is 0 Å². The minimum Gasteiger partial charge on any atom is -0.383 e. The monoisotopic (exact) mass is 281 g/mol. The van der Waals surface area contributed by atoms with Gasteiger partial charge in [0.25, 0.3) is 0 Å². The van der Waals surface area contributed by atoms with Gasteiger partial charge in [-0.1, -0.05) is 18.2 Å². The van der Waals surface area contributed by atoms with E-state index in [2.05, 4.69) is 16.3 Å². The third-order valence-corrected chi connectivity index (χ3v) is 3.71. The van der Waals surface area contributed by atoms with Crippen LogP contribution in [0.4, 0.5) is 15.8 Å². The van der Waals surface area contributed by atoms with Crippen LogP contribution in [0.3, 0.4) is 0 Å². The van der Waals surface area contributed by atoms with E-state index in [1.54, 1.807) is 12.1 Å². The van der Waals surface area contributed by atoms with Gasteiger partial charge in [-0.15, -0.1) is 0 Å².